The Morgan fingerprint density at radius 3 is 2.90 bits per heavy atom. The molecule has 1 atom stereocenters. The Hall–Kier alpha value is -2.64. The fourth-order valence-corrected chi connectivity index (χ4v) is 3.92. The van der Waals surface area contributed by atoms with Gasteiger partial charge < -0.3 is 19.9 Å². The minimum atomic E-state index is -0.275. The van der Waals surface area contributed by atoms with Gasteiger partial charge >= 0.3 is 0 Å². The summed E-state index contributed by atoms with van der Waals surface area (Å²) < 4.78 is 18.5. The van der Waals surface area contributed by atoms with Crippen molar-refractivity contribution in [3.05, 3.63) is 59.1 Å². The first kappa shape index (κ1) is 20.6. The van der Waals surface area contributed by atoms with Gasteiger partial charge in [-0.3, -0.25) is 4.79 Å². The lowest BCUT2D eigenvalue weighted by molar-refractivity contribution is -0.129. The highest BCUT2D eigenvalue weighted by atomic mass is 35.5. The van der Waals surface area contributed by atoms with E-state index in [0.29, 0.717) is 36.9 Å². The Labute approximate surface area is 179 Å². The van der Waals surface area contributed by atoms with E-state index >= 15 is 0 Å². The molecule has 0 bridgehead atoms. The third kappa shape index (κ3) is 5.09. The number of benzene rings is 2. The Balaban J connectivity index is 1.23. The molecule has 1 amide bonds. The van der Waals surface area contributed by atoms with Gasteiger partial charge in [-0.05, 0) is 61.9 Å². The van der Waals surface area contributed by atoms with Crippen LogP contribution in [0, 0.1) is 5.82 Å². The van der Waals surface area contributed by atoms with Crippen LogP contribution in [0.25, 0.3) is 11.0 Å². The van der Waals surface area contributed by atoms with Crippen molar-refractivity contribution in [1.29, 1.82) is 0 Å². The van der Waals surface area contributed by atoms with Crippen LogP contribution in [-0.2, 0) is 11.3 Å². The molecule has 0 aliphatic carbocycles. The van der Waals surface area contributed by atoms with E-state index in [1.165, 1.54) is 12.1 Å². The van der Waals surface area contributed by atoms with Gasteiger partial charge in [-0.2, -0.15) is 0 Å². The fourth-order valence-electron chi connectivity index (χ4n) is 3.75. The zero-order valence-electron chi connectivity index (χ0n) is 16.5. The monoisotopic (exact) mass is 430 g/mol. The minimum absolute atomic E-state index is 0.165. The van der Waals surface area contributed by atoms with Crippen molar-refractivity contribution in [2.45, 2.75) is 31.8 Å². The molecule has 1 saturated heterocycles. The van der Waals surface area contributed by atoms with Gasteiger partial charge in [0.25, 0.3) is 0 Å². The van der Waals surface area contributed by atoms with Crippen molar-refractivity contribution in [3.8, 4) is 5.75 Å². The third-order valence-electron chi connectivity index (χ3n) is 5.28. The number of hydrogen-bond acceptors (Lipinski definition) is 4. The first-order valence-corrected chi connectivity index (χ1v) is 10.5. The summed E-state index contributed by atoms with van der Waals surface area (Å²) in [5.41, 5.74) is 1.73. The van der Waals surface area contributed by atoms with Gasteiger partial charge in [0.15, 0.2) is 0 Å². The topological polar surface area (TPSA) is 70.2 Å². The summed E-state index contributed by atoms with van der Waals surface area (Å²) in [6.45, 7) is 2.45. The second-order valence-electron chi connectivity index (χ2n) is 7.40. The van der Waals surface area contributed by atoms with Crippen LogP contribution >= 0.6 is 11.6 Å². The summed E-state index contributed by atoms with van der Waals surface area (Å²) in [6.07, 6.45) is 2.30. The Kier molecular flexibility index (Phi) is 6.50. The standard InChI is InChI=1S/C22H24ClFN4O2/c23-15-1-7-19-20(13-15)27-21(26-19)14-28-17(4-8-22(28)29)9-10-25-11-12-30-18-5-2-16(24)3-6-18/h1-3,5-7,13,17,25H,4,8-12,14H2,(H,26,27)/t17-/m1/s1. The molecule has 0 saturated carbocycles. The number of rotatable bonds is 9. The highest BCUT2D eigenvalue weighted by Crippen LogP contribution is 2.24. The van der Waals surface area contributed by atoms with Crippen molar-refractivity contribution in [2.24, 2.45) is 0 Å². The minimum Gasteiger partial charge on any atom is -0.492 e. The number of nitrogens with zero attached hydrogens (tertiary/aromatic N) is 2. The SMILES string of the molecule is O=C1CC[C@H](CCNCCOc2ccc(F)cc2)N1Cc1nc2ccc(Cl)cc2[nH]1. The van der Waals surface area contributed by atoms with Gasteiger partial charge in [0.1, 0.15) is 24.0 Å². The average molecular weight is 431 g/mol. The molecule has 2 aromatic carbocycles. The van der Waals surface area contributed by atoms with E-state index < -0.39 is 0 Å². The lowest BCUT2D eigenvalue weighted by Crippen LogP contribution is -2.35. The van der Waals surface area contributed by atoms with Crippen LogP contribution in [0.3, 0.4) is 0 Å². The van der Waals surface area contributed by atoms with E-state index in [4.69, 9.17) is 16.3 Å². The molecule has 0 spiro atoms. The fraction of sp³-hybridized carbons (Fsp3) is 0.364. The van der Waals surface area contributed by atoms with Crippen LogP contribution in [0.15, 0.2) is 42.5 Å². The maximum atomic E-state index is 12.9. The van der Waals surface area contributed by atoms with Gasteiger partial charge in [0.05, 0.1) is 17.6 Å². The van der Waals surface area contributed by atoms with Crippen LogP contribution < -0.4 is 10.1 Å². The number of nitrogens with one attached hydrogen (secondary N) is 2. The van der Waals surface area contributed by atoms with Crippen LogP contribution in [0.1, 0.15) is 25.1 Å². The number of carbonyl (C=O) groups is 1. The molecule has 4 rings (SSSR count). The molecular weight excluding hydrogens is 407 g/mol. The van der Waals surface area contributed by atoms with Crippen LogP contribution in [0.4, 0.5) is 4.39 Å². The maximum Gasteiger partial charge on any atom is 0.223 e. The first-order chi connectivity index (χ1) is 14.6. The van der Waals surface area contributed by atoms with E-state index in [2.05, 4.69) is 15.3 Å². The normalized spacial score (nSPS) is 16.5. The number of halogens is 2. The largest absolute Gasteiger partial charge is 0.492 e. The van der Waals surface area contributed by atoms with Crippen molar-refractivity contribution in [2.75, 3.05) is 19.7 Å². The molecular formula is C22H24ClFN4O2. The lowest BCUT2D eigenvalue weighted by Gasteiger charge is -2.24. The Morgan fingerprint density at radius 2 is 2.07 bits per heavy atom. The van der Waals surface area contributed by atoms with E-state index in [0.717, 1.165) is 36.2 Å². The molecule has 1 fully saturated rings. The number of aromatic nitrogens is 2. The van der Waals surface area contributed by atoms with Crippen LogP contribution in [-0.4, -0.2) is 46.5 Å². The van der Waals surface area contributed by atoms with Crippen molar-refractivity contribution >= 4 is 28.5 Å². The summed E-state index contributed by atoms with van der Waals surface area (Å²) in [6, 6.07) is 11.7. The molecule has 0 unspecified atom stereocenters. The van der Waals surface area contributed by atoms with E-state index in [-0.39, 0.29) is 17.8 Å². The number of fused-ring (bicyclic) bond motifs is 1. The Morgan fingerprint density at radius 1 is 1.23 bits per heavy atom. The molecule has 1 aromatic heterocycles. The summed E-state index contributed by atoms with van der Waals surface area (Å²) in [4.78, 5) is 22.1. The zero-order chi connectivity index (χ0) is 20.9. The lowest BCUT2D eigenvalue weighted by atomic mass is 10.1. The van der Waals surface area contributed by atoms with Crippen LogP contribution in [0.2, 0.25) is 5.02 Å². The molecule has 3 aromatic rings. The summed E-state index contributed by atoms with van der Waals surface area (Å²) in [7, 11) is 0. The quantitative estimate of drug-likeness (QED) is 0.505. The highest BCUT2D eigenvalue weighted by Gasteiger charge is 2.31. The molecule has 6 nitrogen and oxygen atoms in total. The summed E-state index contributed by atoms with van der Waals surface area (Å²) in [5.74, 6) is 1.31. The number of H-pyrrole nitrogens is 1. The van der Waals surface area contributed by atoms with Crippen LogP contribution in [0.5, 0.6) is 5.75 Å². The van der Waals surface area contributed by atoms with E-state index in [9.17, 15) is 9.18 Å². The molecule has 2 heterocycles. The molecule has 158 valence electrons. The molecule has 1 aliphatic rings. The first-order valence-electron chi connectivity index (χ1n) is 10.1. The third-order valence-corrected chi connectivity index (χ3v) is 5.52. The Bertz CT molecular complexity index is 1010. The summed E-state index contributed by atoms with van der Waals surface area (Å²) >= 11 is 6.04. The van der Waals surface area contributed by atoms with Crippen molar-refractivity contribution in [3.63, 3.8) is 0 Å². The summed E-state index contributed by atoms with van der Waals surface area (Å²) in [5, 5.41) is 4.00. The molecule has 30 heavy (non-hydrogen) atoms. The predicted molar refractivity (Wildman–Crippen MR) is 114 cm³/mol. The average Bonchev–Trinajstić information content (AvgIpc) is 3.29. The number of ether oxygens (including phenoxy) is 1. The van der Waals surface area contributed by atoms with Gasteiger partial charge in [-0.15, -0.1) is 0 Å². The second-order valence-corrected chi connectivity index (χ2v) is 7.84. The molecule has 8 heteroatoms. The smallest absolute Gasteiger partial charge is 0.223 e. The van der Waals surface area contributed by atoms with Gasteiger partial charge in [0.2, 0.25) is 5.91 Å². The maximum absolute atomic E-state index is 12.9. The van der Waals surface area contributed by atoms with Gasteiger partial charge in [0, 0.05) is 24.0 Å². The van der Waals surface area contributed by atoms with E-state index in [1.807, 2.05) is 23.1 Å². The number of likely N-dealkylation sites (tertiary alicyclic amines) is 1. The van der Waals surface area contributed by atoms with Gasteiger partial charge in [-0.25, -0.2) is 9.37 Å². The molecule has 1 aliphatic heterocycles. The van der Waals surface area contributed by atoms with Crippen molar-refractivity contribution in [1.82, 2.24) is 20.2 Å². The number of imidazole rings is 1. The number of hydrogen-bond donors (Lipinski definition) is 2. The zero-order valence-corrected chi connectivity index (χ0v) is 17.3. The molecule has 2 N–H and O–H groups in total. The number of carbonyl (C=O) groups excluding carboxylic acids is 1. The van der Waals surface area contributed by atoms with Crippen molar-refractivity contribution < 1.29 is 13.9 Å². The van der Waals surface area contributed by atoms with Gasteiger partial charge in [-0.1, -0.05) is 11.6 Å². The number of amides is 1. The highest BCUT2D eigenvalue weighted by molar-refractivity contribution is 6.31. The molecule has 0 radical (unpaired) electrons. The second kappa shape index (κ2) is 9.45. The van der Waals surface area contributed by atoms with E-state index in [1.54, 1.807) is 12.1 Å². The predicted octanol–water partition coefficient (Wildman–Crippen LogP) is 3.91. The number of aromatic amines is 1.